The summed E-state index contributed by atoms with van der Waals surface area (Å²) < 4.78 is 10.8. The van der Waals surface area contributed by atoms with Crippen LogP contribution in [0.2, 0.25) is 0 Å². The Bertz CT molecular complexity index is 1050. The van der Waals surface area contributed by atoms with E-state index in [1.807, 2.05) is 73.8 Å². The highest BCUT2D eigenvalue weighted by atomic mass is 16.5. The summed E-state index contributed by atoms with van der Waals surface area (Å²) in [5, 5.41) is 3.85. The minimum atomic E-state index is 0.363. The first-order valence-electron chi connectivity index (χ1n) is 9.11. The Morgan fingerprint density at radius 2 is 1.61 bits per heavy atom. The van der Waals surface area contributed by atoms with Gasteiger partial charge in [0, 0.05) is 12.3 Å². The van der Waals surface area contributed by atoms with Gasteiger partial charge in [0.1, 0.15) is 12.4 Å². The van der Waals surface area contributed by atoms with Crippen LogP contribution in [-0.4, -0.2) is 11.4 Å². The molecule has 3 aromatic carbocycles. The first kappa shape index (κ1) is 17.7. The Labute approximate surface area is 164 Å². The molecule has 0 atom stereocenters. The molecule has 4 rings (SSSR count). The minimum Gasteiger partial charge on any atom is -0.486 e. The van der Waals surface area contributed by atoms with Crippen molar-refractivity contribution >= 4 is 11.9 Å². The molecular weight excluding hydrogens is 348 g/mol. The van der Waals surface area contributed by atoms with Gasteiger partial charge in [-0.3, -0.25) is 4.99 Å². The highest BCUT2D eigenvalue weighted by Crippen LogP contribution is 2.22. The average molecular weight is 368 g/mol. The predicted molar refractivity (Wildman–Crippen MR) is 111 cm³/mol. The normalized spacial score (nSPS) is 11.0. The molecular formula is C24H20N2O2. The molecule has 0 saturated carbocycles. The number of aryl methyl sites for hydroxylation is 1. The van der Waals surface area contributed by atoms with Gasteiger partial charge in [-0.2, -0.15) is 0 Å². The van der Waals surface area contributed by atoms with E-state index >= 15 is 0 Å². The zero-order valence-corrected chi connectivity index (χ0v) is 15.6. The van der Waals surface area contributed by atoms with Crippen LogP contribution in [-0.2, 0) is 6.61 Å². The molecule has 4 heteroatoms. The van der Waals surface area contributed by atoms with Crippen molar-refractivity contribution in [2.45, 2.75) is 13.5 Å². The number of benzene rings is 3. The molecule has 0 aliphatic heterocycles. The van der Waals surface area contributed by atoms with Crippen LogP contribution in [0.4, 0.5) is 5.69 Å². The summed E-state index contributed by atoms with van der Waals surface area (Å²) >= 11 is 0. The second kappa shape index (κ2) is 8.35. The molecule has 28 heavy (non-hydrogen) atoms. The summed E-state index contributed by atoms with van der Waals surface area (Å²) in [5.41, 5.74) is 5.16. The fraction of sp³-hybridized carbons (Fsp3) is 0.0833. The molecule has 0 aliphatic rings. The van der Waals surface area contributed by atoms with Gasteiger partial charge in [0.25, 0.3) is 0 Å². The van der Waals surface area contributed by atoms with Gasteiger partial charge < -0.3 is 9.26 Å². The molecule has 4 nitrogen and oxygen atoms in total. The zero-order valence-electron chi connectivity index (χ0n) is 15.6. The summed E-state index contributed by atoms with van der Waals surface area (Å²) in [4.78, 5) is 4.55. The Kier molecular flexibility index (Phi) is 5.29. The quantitative estimate of drug-likeness (QED) is 0.393. The van der Waals surface area contributed by atoms with Gasteiger partial charge in [0.05, 0.1) is 11.4 Å². The standard InChI is InChI=1S/C24H20N2O2/c1-18-15-24(28-26-18)17-27-23-13-7-19(8-14-23)16-25-22-11-9-21(10-12-22)20-5-3-2-4-6-20/h2-16H,17H2,1H3. The third-order valence-corrected chi connectivity index (χ3v) is 4.28. The van der Waals surface area contributed by atoms with Gasteiger partial charge in [-0.15, -0.1) is 0 Å². The second-order valence-electron chi connectivity index (χ2n) is 6.46. The largest absolute Gasteiger partial charge is 0.486 e. The second-order valence-corrected chi connectivity index (χ2v) is 6.46. The van der Waals surface area contributed by atoms with E-state index in [9.17, 15) is 0 Å². The van der Waals surface area contributed by atoms with Crippen molar-refractivity contribution in [3.8, 4) is 16.9 Å². The van der Waals surface area contributed by atoms with E-state index in [-0.39, 0.29) is 0 Å². The summed E-state index contributed by atoms with van der Waals surface area (Å²) in [5.74, 6) is 1.49. The van der Waals surface area contributed by atoms with E-state index < -0.39 is 0 Å². The van der Waals surface area contributed by atoms with Crippen molar-refractivity contribution in [3.63, 3.8) is 0 Å². The van der Waals surface area contributed by atoms with Crippen LogP contribution in [0, 0.1) is 6.92 Å². The molecule has 4 aromatic rings. The van der Waals surface area contributed by atoms with Crippen LogP contribution in [0.25, 0.3) is 11.1 Å². The lowest BCUT2D eigenvalue weighted by molar-refractivity contribution is 0.249. The Morgan fingerprint density at radius 1 is 0.893 bits per heavy atom. The van der Waals surface area contributed by atoms with Crippen LogP contribution in [0.15, 0.2) is 94.4 Å². The average Bonchev–Trinajstić information content (AvgIpc) is 3.18. The summed E-state index contributed by atoms with van der Waals surface area (Å²) in [6, 6.07) is 28.2. The monoisotopic (exact) mass is 368 g/mol. The van der Waals surface area contributed by atoms with E-state index in [0.717, 1.165) is 22.7 Å². The highest BCUT2D eigenvalue weighted by molar-refractivity contribution is 5.82. The fourth-order valence-electron chi connectivity index (χ4n) is 2.81. The molecule has 0 N–H and O–H groups in total. The predicted octanol–water partition coefficient (Wildman–Crippen LogP) is 5.98. The van der Waals surface area contributed by atoms with Gasteiger partial charge in [0.15, 0.2) is 5.76 Å². The van der Waals surface area contributed by atoms with Crippen LogP contribution in [0.3, 0.4) is 0 Å². The highest BCUT2D eigenvalue weighted by Gasteiger charge is 2.02. The van der Waals surface area contributed by atoms with Gasteiger partial charge >= 0.3 is 0 Å². The van der Waals surface area contributed by atoms with E-state index in [1.165, 1.54) is 11.1 Å². The summed E-state index contributed by atoms with van der Waals surface area (Å²) in [6.07, 6.45) is 1.85. The zero-order chi connectivity index (χ0) is 19.2. The molecule has 0 aliphatic carbocycles. The maximum absolute atomic E-state index is 5.70. The van der Waals surface area contributed by atoms with E-state index in [1.54, 1.807) is 0 Å². The van der Waals surface area contributed by atoms with Gasteiger partial charge in [-0.1, -0.05) is 47.6 Å². The van der Waals surface area contributed by atoms with Crippen LogP contribution >= 0.6 is 0 Å². The lowest BCUT2D eigenvalue weighted by Crippen LogP contribution is -1.93. The Balaban J connectivity index is 1.36. The Hall–Kier alpha value is -3.66. The topological polar surface area (TPSA) is 47.6 Å². The van der Waals surface area contributed by atoms with Crippen LogP contribution in [0.1, 0.15) is 17.0 Å². The van der Waals surface area contributed by atoms with Crippen molar-refractivity contribution in [1.82, 2.24) is 5.16 Å². The molecule has 138 valence electrons. The molecule has 0 unspecified atom stereocenters. The molecule has 1 heterocycles. The van der Waals surface area contributed by atoms with Crippen LogP contribution < -0.4 is 4.74 Å². The number of hydrogen-bond donors (Lipinski definition) is 0. The SMILES string of the molecule is Cc1cc(COc2ccc(C=Nc3ccc(-c4ccccc4)cc3)cc2)on1. The molecule has 0 bridgehead atoms. The number of hydrogen-bond acceptors (Lipinski definition) is 4. The van der Waals surface area contributed by atoms with Crippen LogP contribution in [0.5, 0.6) is 5.75 Å². The van der Waals surface area contributed by atoms with Crippen molar-refractivity contribution in [2.75, 3.05) is 0 Å². The number of ether oxygens (including phenoxy) is 1. The van der Waals surface area contributed by atoms with E-state index in [4.69, 9.17) is 9.26 Å². The molecule has 0 spiro atoms. The smallest absolute Gasteiger partial charge is 0.174 e. The molecule has 0 radical (unpaired) electrons. The van der Waals surface area contributed by atoms with Crippen molar-refractivity contribution in [2.24, 2.45) is 4.99 Å². The third kappa shape index (κ3) is 4.54. The van der Waals surface area contributed by atoms with Crippen molar-refractivity contribution in [1.29, 1.82) is 0 Å². The van der Waals surface area contributed by atoms with Gasteiger partial charge in [0.2, 0.25) is 0 Å². The molecule has 0 fully saturated rings. The van der Waals surface area contributed by atoms with Gasteiger partial charge in [-0.05, 0) is 60.0 Å². The lowest BCUT2D eigenvalue weighted by atomic mass is 10.1. The Morgan fingerprint density at radius 3 is 2.29 bits per heavy atom. The maximum Gasteiger partial charge on any atom is 0.174 e. The van der Waals surface area contributed by atoms with E-state index in [0.29, 0.717) is 12.4 Å². The van der Waals surface area contributed by atoms with Crippen molar-refractivity contribution in [3.05, 3.63) is 102 Å². The third-order valence-electron chi connectivity index (χ3n) is 4.28. The number of aromatic nitrogens is 1. The molecule has 0 amide bonds. The first-order chi connectivity index (χ1) is 13.8. The van der Waals surface area contributed by atoms with E-state index in [2.05, 4.69) is 34.4 Å². The number of nitrogens with zero attached hydrogens (tertiary/aromatic N) is 2. The maximum atomic E-state index is 5.70. The summed E-state index contributed by atoms with van der Waals surface area (Å²) in [6.45, 7) is 2.25. The first-order valence-corrected chi connectivity index (χ1v) is 9.11. The summed E-state index contributed by atoms with van der Waals surface area (Å²) in [7, 11) is 0. The number of aliphatic imine (C=N–C) groups is 1. The number of rotatable bonds is 6. The fourth-order valence-corrected chi connectivity index (χ4v) is 2.81. The molecule has 0 saturated heterocycles. The van der Waals surface area contributed by atoms with Crippen molar-refractivity contribution < 1.29 is 9.26 Å². The molecule has 1 aromatic heterocycles. The lowest BCUT2D eigenvalue weighted by Gasteiger charge is -2.04. The minimum absolute atomic E-state index is 0.363. The van der Waals surface area contributed by atoms with Gasteiger partial charge in [-0.25, -0.2) is 0 Å².